The molecule has 3 nitrogen and oxygen atoms in total. The summed E-state index contributed by atoms with van der Waals surface area (Å²) in [7, 11) is 2.06. The van der Waals surface area contributed by atoms with Gasteiger partial charge in [0.1, 0.15) is 0 Å². The lowest BCUT2D eigenvalue weighted by atomic mass is 9.87. The molecule has 31 heavy (non-hydrogen) atoms. The number of aryl methyl sites for hydroxylation is 1. The van der Waals surface area contributed by atoms with Gasteiger partial charge in [-0.3, -0.25) is 4.79 Å². The Kier molecular flexibility index (Phi) is 5.29. The number of halogens is 1. The molecule has 2 heterocycles. The fourth-order valence-electron chi connectivity index (χ4n) is 4.77. The van der Waals surface area contributed by atoms with Crippen molar-refractivity contribution in [3.63, 3.8) is 0 Å². The van der Waals surface area contributed by atoms with E-state index in [9.17, 15) is 4.79 Å². The van der Waals surface area contributed by atoms with Crippen LogP contribution in [-0.4, -0.2) is 21.9 Å². The molecule has 0 radical (unpaired) electrons. The van der Waals surface area contributed by atoms with Crippen molar-refractivity contribution in [3.05, 3.63) is 106 Å². The van der Waals surface area contributed by atoms with Crippen LogP contribution in [0.2, 0.25) is 5.02 Å². The van der Waals surface area contributed by atoms with Gasteiger partial charge in [-0.1, -0.05) is 66.2 Å². The van der Waals surface area contributed by atoms with Crippen LogP contribution in [0.5, 0.6) is 0 Å². The lowest BCUT2D eigenvalue weighted by molar-refractivity contribution is -0.132. The molecule has 0 unspecified atom stereocenters. The smallest absolute Gasteiger partial charge is 0.223 e. The lowest BCUT2D eigenvalue weighted by Crippen LogP contribution is -2.36. The van der Waals surface area contributed by atoms with E-state index in [-0.39, 0.29) is 11.8 Å². The summed E-state index contributed by atoms with van der Waals surface area (Å²) in [6.45, 7) is 1.47. The number of hydrogen-bond acceptors (Lipinski definition) is 1. The van der Waals surface area contributed by atoms with Gasteiger partial charge < -0.3 is 9.47 Å². The van der Waals surface area contributed by atoms with Crippen molar-refractivity contribution in [2.45, 2.75) is 25.3 Å². The SMILES string of the molecule is Cn1cc([C@H](CC(=O)N2CCc3ccccc3C2)c2ccc(Cl)cc2)c2ccccc21. The average molecular weight is 429 g/mol. The molecule has 1 atom stereocenters. The van der Waals surface area contributed by atoms with Crippen LogP contribution in [0.15, 0.2) is 79.0 Å². The molecule has 0 bridgehead atoms. The van der Waals surface area contributed by atoms with Gasteiger partial charge in [0.25, 0.3) is 0 Å². The zero-order chi connectivity index (χ0) is 21.4. The predicted molar refractivity (Wildman–Crippen MR) is 126 cm³/mol. The second-order valence-electron chi connectivity index (χ2n) is 8.35. The number of para-hydroxylation sites is 1. The maximum absolute atomic E-state index is 13.5. The highest BCUT2D eigenvalue weighted by Gasteiger charge is 2.27. The van der Waals surface area contributed by atoms with Crippen LogP contribution in [0.4, 0.5) is 0 Å². The molecular formula is C27H25ClN2O. The zero-order valence-corrected chi connectivity index (χ0v) is 18.3. The molecule has 0 saturated heterocycles. The standard InChI is InChI=1S/C27H25ClN2O/c1-29-18-25(23-8-4-5-9-26(23)29)24(20-10-12-22(28)13-11-20)16-27(31)30-15-14-19-6-2-3-7-21(19)17-30/h2-13,18,24H,14-17H2,1H3/t24-/m1/s1. The monoisotopic (exact) mass is 428 g/mol. The van der Waals surface area contributed by atoms with E-state index >= 15 is 0 Å². The molecule has 1 amide bonds. The van der Waals surface area contributed by atoms with Crippen LogP contribution < -0.4 is 0 Å². The van der Waals surface area contributed by atoms with Crippen LogP contribution in [0.25, 0.3) is 10.9 Å². The van der Waals surface area contributed by atoms with E-state index in [0.29, 0.717) is 18.0 Å². The molecule has 0 N–H and O–H groups in total. The molecule has 1 aliphatic rings. The molecule has 1 aliphatic heterocycles. The zero-order valence-electron chi connectivity index (χ0n) is 17.6. The second-order valence-corrected chi connectivity index (χ2v) is 8.79. The highest BCUT2D eigenvalue weighted by atomic mass is 35.5. The number of amides is 1. The first-order chi connectivity index (χ1) is 15.1. The summed E-state index contributed by atoms with van der Waals surface area (Å²) in [5.74, 6) is 0.176. The summed E-state index contributed by atoms with van der Waals surface area (Å²) < 4.78 is 2.15. The Hall–Kier alpha value is -3.04. The highest BCUT2D eigenvalue weighted by Crippen LogP contribution is 2.35. The van der Waals surface area contributed by atoms with Gasteiger partial charge in [-0.25, -0.2) is 0 Å². The number of carbonyl (C=O) groups excluding carboxylic acids is 1. The normalized spacial score (nSPS) is 14.5. The van der Waals surface area contributed by atoms with Crippen LogP contribution in [0.1, 0.15) is 34.6 Å². The maximum atomic E-state index is 13.5. The van der Waals surface area contributed by atoms with E-state index < -0.39 is 0 Å². The van der Waals surface area contributed by atoms with E-state index in [1.165, 1.54) is 27.6 Å². The summed E-state index contributed by atoms with van der Waals surface area (Å²) in [5, 5.41) is 1.90. The van der Waals surface area contributed by atoms with E-state index in [0.717, 1.165) is 18.5 Å². The van der Waals surface area contributed by atoms with Crippen molar-refractivity contribution >= 4 is 28.4 Å². The summed E-state index contributed by atoms with van der Waals surface area (Å²) in [5.41, 5.74) is 6.10. The van der Waals surface area contributed by atoms with Gasteiger partial charge in [-0.05, 0) is 46.9 Å². The van der Waals surface area contributed by atoms with E-state index in [2.05, 4.69) is 66.3 Å². The summed E-state index contributed by atoms with van der Waals surface area (Å²) in [4.78, 5) is 15.5. The fourth-order valence-corrected chi connectivity index (χ4v) is 4.89. The average Bonchev–Trinajstić information content (AvgIpc) is 3.14. The van der Waals surface area contributed by atoms with Crippen LogP contribution in [-0.2, 0) is 24.8 Å². The van der Waals surface area contributed by atoms with Crippen molar-refractivity contribution < 1.29 is 4.79 Å². The van der Waals surface area contributed by atoms with Crippen LogP contribution in [0.3, 0.4) is 0 Å². The molecule has 156 valence electrons. The quantitative estimate of drug-likeness (QED) is 0.395. The molecular weight excluding hydrogens is 404 g/mol. The van der Waals surface area contributed by atoms with Gasteiger partial charge in [0, 0.05) is 54.6 Å². The minimum atomic E-state index is -0.0203. The van der Waals surface area contributed by atoms with Crippen molar-refractivity contribution in [3.8, 4) is 0 Å². The molecule has 3 aromatic carbocycles. The lowest BCUT2D eigenvalue weighted by Gasteiger charge is -2.30. The van der Waals surface area contributed by atoms with E-state index in [1.54, 1.807) is 0 Å². The minimum absolute atomic E-state index is 0.0203. The molecule has 0 saturated carbocycles. The molecule has 0 aliphatic carbocycles. The molecule has 0 spiro atoms. The van der Waals surface area contributed by atoms with Gasteiger partial charge in [0.05, 0.1) is 0 Å². The Labute approximate surface area is 187 Å². The topological polar surface area (TPSA) is 25.2 Å². The molecule has 4 aromatic rings. The number of aromatic nitrogens is 1. The number of nitrogens with zero attached hydrogens (tertiary/aromatic N) is 2. The third kappa shape index (κ3) is 3.86. The molecule has 1 aromatic heterocycles. The molecule has 4 heteroatoms. The third-order valence-electron chi connectivity index (χ3n) is 6.44. The second kappa shape index (κ2) is 8.24. The van der Waals surface area contributed by atoms with E-state index in [1.807, 2.05) is 29.2 Å². The number of rotatable bonds is 4. The Bertz CT molecular complexity index is 1240. The Morgan fingerprint density at radius 3 is 2.48 bits per heavy atom. The number of benzene rings is 3. The first kappa shape index (κ1) is 19.9. The Morgan fingerprint density at radius 1 is 0.968 bits per heavy atom. The summed E-state index contributed by atoms with van der Waals surface area (Å²) in [6, 6.07) is 24.8. The first-order valence-corrected chi connectivity index (χ1v) is 11.1. The number of hydrogen-bond donors (Lipinski definition) is 0. The van der Waals surface area contributed by atoms with Gasteiger partial charge in [0.15, 0.2) is 0 Å². The Morgan fingerprint density at radius 2 is 1.68 bits per heavy atom. The summed E-state index contributed by atoms with van der Waals surface area (Å²) in [6.07, 6.45) is 3.53. The van der Waals surface area contributed by atoms with Crippen LogP contribution in [0, 0.1) is 0 Å². The number of carbonyl (C=O) groups is 1. The number of fused-ring (bicyclic) bond motifs is 2. The van der Waals surface area contributed by atoms with Gasteiger partial charge >= 0.3 is 0 Å². The van der Waals surface area contributed by atoms with E-state index in [4.69, 9.17) is 11.6 Å². The van der Waals surface area contributed by atoms with Gasteiger partial charge in [0.2, 0.25) is 5.91 Å². The summed E-state index contributed by atoms with van der Waals surface area (Å²) >= 11 is 6.16. The van der Waals surface area contributed by atoms with Crippen molar-refractivity contribution in [1.29, 1.82) is 0 Å². The highest BCUT2D eigenvalue weighted by molar-refractivity contribution is 6.30. The molecule has 5 rings (SSSR count). The largest absolute Gasteiger partial charge is 0.350 e. The van der Waals surface area contributed by atoms with Crippen molar-refractivity contribution in [2.75, 3.05) is 6.54 Å². The third-order valence-corrected chi connectivity index (χ3v) is 6.69. The van der Waals surface area contributed by atoms with Crippen LogP contribution >= 0.6 is 11.6 Å². The van der Waals surface area contributed by atoms with Crippen molar-refractivity contribution in [1.82, 2.24) is 9.47 Å². The molecule has 0 fully saturated rings. The first-order valence-electron chi connectivity index (χ1n) is 10.7. The van der Waals surface area contributed by atoms with Gasteiger partial charge in [-0.15, -0.1) is 0 Å². The predicted octanol–water partition coefficient (Wildman–Crippen LogP) is 5.94. The fraction of sp³-hybridized carbons (Fsp3) is 0.222. The maximum Gasteiger partial charge on any atom is 0.223 e. The Balaban J connectivity index is 1.49. The minimum Gasteiger partial charge on any atom is -0.350 e. The van der Waals surface area contributed by atoms with Gasteiger partial charge in [-0.2, -0.15) is 0 Å². The van der Waals surface area contributed by atoms with Crippen molar-refractivity contribution in [2.24, 2.45) is 7.05 Å².